The summed E-state index contributed by atoms with van der Waals surface area (Å²) >= 11 is 2.34. The van der Waals surface area contributed by atoms with E-state index in [-0.39, 0.29) is 11.8 Å². The Morgan fingerprint density at radius 1 is 1.32 bits per heavy atom. The minimum Gasteiger partial charge on any atom is -0.335 e. The molecule has 3 amide bonds. The fourth-order valence-electron chi connectivity index (χ4n) is 1.65. The molecule has 0 saturated heterocycles. The molecular formula is C15H18FN5O2S2. The molecule has 3 N–H and O–H groups in total. The van der Waals surface area contributed by atoms with Gasteiger partial charge in [0.15, 0.2) is 4.34 Å². The molecule has 1 atom stereocenters. The maximum atomic E-state index is 13.6. The van der Waals surface area contributed by atoms with Crippen molar-refractivity contribution in [1.82, 2.24) is 20.8 Å². The van der Waals surface area contributed by atoms with Gasteiger partial charge in [0.25, 0.3) is 0 Å². The van der Waals surface area contributed by atoms with Crippen molar-refractivity contribution in [2.75, 3.05) is 11.1 Å². The molecule has 0 fully saturated rings. The molecule has 10 heteroatoms. The normalized spacial score (nSPS) is 11.6. The number of halogens is 1. The quantitative estimate of drug-likeness (QED) is 0.636. The number of hydrogen-bond acceptors (Lipinski definition) is 7. The topological polar surface area (TPSA) is 96.0 Å². The Hall–Kier alpha value is -2.20. The van der Waals surface area contributed by atoms with Crippen molar-refractivity contribution < 1.29 is 14.0 Å². The highest BCUT2D eigenvalue weighted by atomic mass is 32.2. The lowest BCUT2D eigenvalue weighted by molar-refractivity contribution is -0.117. The molecule has 2 aromatic rings. The summed E-state index contributed by atoms with van der Waals surface area (Å²) in [6.45, 7) is 3.79. The monoisotopic (exact) mass is 383 g/mol. The number of benzene rings is 1. The lowest BCUT2D eigenvalue weighted by Gasteiger charge is -2.11. The predicted octanol–water partition coefficient (Wildman–Crippen LogP) is 3.14. The number of hydrogen-bond donors (Lipinski definition) is 3. The first-order valence-corrected chi connectivity index (χ1v) is 9.36. The van der Waals surface area contributed by atoms with E-state index in [9.17, 15) is 14.0 Å². The number of para-hydroxylation sites is 1. The number of nitrogens with zero attached hydrogens (tertiary/aromatic N) is 2. The Balaban J connectivity index is 1.80. The van der Waals surface area contributed by atoms with Crippen molar-refractivity contribution in [1.29, 1.82) is 0 Å². The number of rotatable bonds is 7. The minimum atomic E-state index is -0.515. The van der Waals surface area contributed by atoms with Crippen LogP contribution < -0.4 is 16.0 Å². The molecule has 134 valence electrons. The number of nitrogens with one attached hydrogen (secondary N) is 3. The maximum absolute atomic E-state index is 13.6. The van der Waals surface area contributed by atoms with Crippen LogP contribution in [0.25, 0.3) is 0 Å². The molecule has 0 unspecified atom stereocenters. The van der Waals surface area contributed by atoms with Gasteiger partial charge in [0.05, 0.1) is 11.4 Å². The third kappa shape index (κ3) is 6.31. The summed E-state index contributed by atoms with van der Waals surface area (Å²) in [5.74, 6) is -0.786. The number of carbonyl (C=O) groups is 2. The molecule has 0 saturated carbocycles. The van der Waals surface area contributed by atoms with Gasteiger partial charge in [-0.3, -0.25) is 10.1 Å². The highest BCUT2D eigenvalue weighted by Gasteiger charge is 2.12. The van der Waals surface area contributed by atoms with Crippen molar-refractivity contribution in [2.45, 2.75) is 30.6 Å². The Labute approximate surface area is 152 Å². The lowest BCUT2D eigenvalue weighted by Crippen LogP contribution is -2.43. The van der Waals surface area contributed by atoms with E-state index in [1.165, 1.54) is 17.4 Å². The molecular weight excluding hydrogens is 365 g/mol. The van der Waals surface area contributed by atoms with E-state index in [4.69, 9.17) is 0 Å². The van der Waals surface area contributed by atoms with E-state index in [0.29, 0.717) is 15.2 Å². The Morgan fingerprint density at radius 2 is 2.08 bits per heavy atom. The second-order valence-electron chi connectivity index (χ2n) is 5.10. The molecule has 0 aliphatic rings. The van der Waals surface area contributed by atoms with Gasteiger partial charge < -0.3 is 10.6 Å². The van der Waals surface area contributed by atoms with E-state index in [1.807, 2.05) is 13.8 Å². The summed E-state index contributed by atoms with van der Waals surface area (Å²) in [5, 5.41) is 16.0. The van der Waals surface area contributed by atoms with Gasteiger partial charge in [-0.15, -0.1) is 10.2 Å². The molecule has 0 aliphatic carbocycles. The third-order valence-electron chi connectivity index (χ3n) is 3.09. The van der Waals surface area contributed by atoms with Crippen LogP contribution in [-0.2, 0) is 4.79 Å². The number of urea groups is 1. The molecule has 0 bridgehead atoms. The van der Waals surface area contributed by atoms with Crippen molar-refractivity contribution in [3.05, 3.63) is 30.1 Å². The number of amides is 3. The number of thioether (sulfide) groups is 1. The fourth-order valence-corrected chi connectivity index (χ4v) is 3.21. The number of anilines is 2. The van der Waals surface area contributed by atoms with Crippen LogP contribution in [0.15, 0.2) is 28.6 Å². The van der Waals surface area contributed by atoms with Gasteiger partial charge in [-0.25, -0.2) is 9.18 Å². The summed E-state index contributed by atoms with van der Waals surface area (Å²) in [5.41, 5.74) is 0.301. The van der Waals surface area contributed by atoms with Crippen LogP contribution in [-0.4, -0.2) is 33.9 Å². The Kier molecular flexibility index (Phi) is 7.14. The van der Waals surface area contributed by atoms with Gasteiger partial charge in [-0.05, 0) is 25.5 Å². The highest BCUT2D eigenvalue weighted by molar-refractivity contribution is 8.01. The van der Waals surface area contributed by atoms with Crippen LogP contribution in [0.4, 0.5) is 20.0 Å². The van der Waals surface area contributed by atoms with Gasteiger partial charge in [0.2, 0.25) is 11.0 Å². The zero-order valence-electron chi connectivity index (χ0n) is 13.7. The highest BCUT2D eigenvalue weighted by Crippen LogP contribution is 2.28. The average molecular weight is 383 g/mol. The van der Waals surface area contributed by atoms with Crippen LogP contribution in [0, 0.1) is 5.82 Å². The summed E-state index contributed by atoms with van der Waals surface area (Å²) in [4.78, 5) is 23.3. The molecule has 1 heterocycles. The fraction of sp³-hybridized carbons (Fsp3) is 0.333. The molecule has 0 spiro atoms. The molecule has 0 aliphatic heterocycles. The van der Waals surface area contributed by atoms with Crippen molar-refractivity contribution >= 4 is 45.9 Å². The van der Waals surface area contributed by atoms with E-state index in [0.717, 1.165) is 18.2 Å². The third-order valence-corrected chi connectivity index (χ3v) is 5.06. The maximum Gasteiger partial charge on any atom is 0.321 e. The van der Waals surface area contributed by atoms with Gasteiger partial charge in [-0.1, -0.05) is 42.2 Å². The van der Waals surface area contributed by atoms with Gasteiger partial charge in [0, 0.05) is 6.04 Å². The summed E-state index contributed by atoms with van der Waals surface area (Å²) in [6.07, 6.45) is 0.777. The lowest BCUT2D eigenvalue weighted by atomic mass is 10.3. The van der Waals surface area contributed by atoms with Crippen LogP contribution in [0.5, 0.6) is 0 Å². The van der Waals surface area contributed by atoms with Crippen LogP contribution in [0.3, 0.4) is 0 Å². The standard InChI is InChI=1S/C15H18FN5O2S2/c1-3-9(2)17-13(23)19-12(22)8-24-15-21-20-14(25-15)18-11-7-5-4-6-10(11)16/h4-7,9H,3,8H2,1-2H3,(H,18,20)(H2,17,19,22,23)/t9-/m0/s1. The summed E-state index contributed by atoms with van der Waals surface area (Å²) in [7, 11) is 0. The largest absolute Gasteiger partial charge is 0.335 e. The molecule has 2 rings (SSSR count). The SMILES string of the molecule is CC[C@H](C)NC(=O)NC(=O)CSc1nnc(Nc2ccccc2F)s1. The first kappa shape index (κ1) is 19.1. The molecule has 25 heavy (non-hydrogen) atoms. The first-order valence-electron chi connectivity index (χ1n) is 7.56. The Bertz CT molecular complexity index is 740. The number of aromatic nitrogens is 2. The van der Waals surface area contributed by atoms with Crippen molar-refractivity contribution in [2.24, 2.45) is 0 Å². The van der Waals surface area contributed by atoms with E-state index in [1.54, 1.807) is 18.2 Å². The van der Waals surface area contributed by atoms with E-state index < -0.39 is 17.8 Å². The smallest absolute Gasteiger partial charge is 0.321 e. The van der Waals surface area contributed by atoms with Gasteiger partial charge in [0.1, 0.15) is 5.82 Å². The predicted molar refractivity (Wildman–Crippen MR) is 96.7 cm³/mol. The molecule has 7 nitrogen and oxygen atoms in total. The summed E-state index contributed by atoms with van der Waals surface area (Å²) < 4.78 is 14.1. The second kappa shape index (κ2) is 9.33. The van der Waals surface area contributed by atoms with Crippen LogP contribution in [0.2, 0.25) is 0 Å². The zero-order chi connectivity index (χ0) is 18.2. The van der Waals surface area contributed by atoms with E-state index in [2.05, 4.69) is 26.1 Å². The molecule has 0 radical (unpaired) electrons. The second-order valence-corrected chi connectivity index (χ2v) is 7.30. The first-order chi connectivity index (χ1) is 12.0. The summed E-state index contributed by atoms with van der Waals surface area (Å²) in [6, 6.07) is 5.71. The Morgan fingerprint density at radius 3 is 2.80 bits per heavy atom. The van der Waals surface area contributed by atoms with Gasteiger partial charge in [-0.2, -0.15) is 0 Å². The van der Waals surface area contributed by atoms with Crippen molar-refractivity contribution in [3.63, 3.8) is 0 Å². The van der Waals surface area contributed by atoms with Crippen molar-refractivity contribution in [3.8, 4) is 0 Å². The van der Waals surface area contributed by atoms with Crippen LogP contribution in [0.1, 0.15) is 20.3 Å². The zero-order valence-corrected chi connectivity index (χ0v) is 15.3. The molecule has 1 aromatic carbocycles. The molecule has 1 aromatic heterocycles. The van der Waals surface area contributed by atoms with Crippen LogP contribution >= 0.6 is 23.1 Å². The average Bonchev–Trinajstić information content (AvgIpc) is 3.02. The number of carbonyl (C=O) groups excluding carboxylic acids is 2. The van der Waals surface area contributed by atoms with Gasteiger partial charge >= 0.3 is 6.03 Å². The van der Waals surface area contributed by atoms with E-state index >= 15 is 0 Å². The number of imide groups is 1. The minimum absolute atomic E-state index is 0.00405.